The number of aromatic nitrogens is 3. The van der Waals surface area contributed by atoms with E-state index in [0.717, 1.165) is 27.8 Å². The van der Waals surface area contributed by atoms with Crippen molar-refractivity contribution in [1.82, 2.24) is 14.3 Å². The number of hydrogen-bond donors (Lipinski definition) is 0. The third-order valence-electron chi connectivity index (χ3n) is 4.29. The minimum atomic E-state index is 0.0286. The first-order valence-corrected chi connectivity index (χ1v) is 7.78. The maximum Gasteiger partial charge on any atom is 0.262 e. The van der Waals surface area contributed by atoms with Crippen LogP contribution in [0.15, 0.2) is 59.4 Å². The fraction of sp³-hybridized carbons (Fsp3) is 0.158. The average molecular weight is 303 g/mol. The van der Waals surface area contributed by atoms with Gasteiger partial charge in [0.05, 0.1) is 27.8 Å². The predicted molar refractivity (Wildman–Crippen MR) is 93.2 cm³/mol. The van der Waals surface area contributed by atoms with Gasteiger partial charge in [-0.15, -0.1) is 0 Å². The SMILES string of the molecule is CCn1c(=O)c2c(C)nn(-c3ccccc3)c2c2ccccc21. The number of benzene rings is 2. The van der Waals surface area contributed by atoms with Crippen molar-refractivity contribution < 1.29 is 0 Å². The molecule has 0 amide bonds. The summed E-state index contributed by atoms with van der Waals surface area (Å²) in [4.78, 5) is 12.9. The molecule has 0 aliphatic carbocycles. The zero-order valence-electron chi connectivity index (χ0n) is 13.2. The summed E-state index contributed by atoms with van der Waals surface area (Å²) in [6.45, 7) is 4.54. The Kier molecular flexibility index (Phi) is 3.05. The molecule has 0 atom stereocenters. The Labute approximate surface area is 133 Å². The van der Waals surface area contributed by atoms with Gasteiger partial charge in [0, 0.05) is 11.9 Å². The highest BCUT2D eigenvalue weighted by Crippen LogP contribution is 2.27. The van der Waals surface area contributed by atoms with E-state index in [-0.39, 0.29) is 5.56 Å². The molecule has 0 aliphatic rings. The smallest absolute Gasteiger partial charge is 0.262 e. The molecule has 4 heteroatoms. The first-order valence-electron chi connectivity index (χ1n) is 7.78. The number of hydrogen-bond acceptors (Lipinski definition) is 2. The van der Waals surface area contributed by atoms with Crippen molar-refractivity contribution in [2.45, 2.75) is 20.4 Å². The molecule has 114 valence electrons. The second-order valence-corrected chi connectivity index (χ2v) is 5.62. The normalized spacial score (nSPS) is 11.4. The number of aryl methyl sites for hydroxylation is 2. The minimum absolute atomic E-state index is 0.0286. The van der Waals surface area contributed by atoms with Crippen LogP contribution in [0.2, 0.25) is 0 Å². The molecule has 0 bridgehead atoms. The highest BCUT2D eigenvalue weighted by Gasteiger charge is 2.18. The lowest BCUT2D eigenvalue weighted by atomic mass is 10.1. The third-order valence-corrected chi connectivity index (χ3v) is 4.29. The second kappa shape index (κ2) is 5.09. The Balaban J connectivity index is 2.27. The van der Waals surface area contributed by atoms with E-state index < -0.39 is 0 Å². The third kappa shape index (κ3) is 1.91. The molecule has 0 N–H and O–H groups in total. The molecule has 0 fully saturated rings. The summed E-state index contributed by atoms with van der Waals surface area (Å²) < 4.78 is 3.70. The summed E-state index contributed by atoms with van der Waals surface area (Å²) in [6.07, 6.45) is 0. The Bertz CT molecular complexity index is 1070. The first kappa shape index (κ1) is 13.8. The Morgan fingerprint density at radius 1 is 1.00 bits per heavy atom. The van der Waals surface area contributed by atoms with Gasteiger partial charge in [0.25, 0.3) is 5.56 Å². The largest absolute Gasteiger partial charge is 0.308 e. The molecule has 0 saturated carbocycles. The summed E-state index contributed by atoms with van der Waals surface area (Å²) in [5.41, 5.74) is 3.59. The van der Waals surface area contributed by atoms with Crippen LogP contribution in [-0.2, 0) is 6.54 Å². The van der Waals surface area contributed by atoms with Crippen LogP contribution in [0.4, 0.5) is 0 Å². The van der Waals surface area contributed by atoms with Crippen molar-refractivity contribution in [2.24, 2.45) is 0 Å². The van der Waals surface area contributed by atoms with Crippen LogP contribution in [0.25, 0.3) is 27.5 Å². The maximum atomic E-state index is 12.9. The van der Waals surface area contributed by atoms with E-state index in [4.69, 9.17) is 0 Å². The van der Waals surface area contributed by atoms with Crippen molar-refractivity contribution in [2.75, 3.05) is 0 Å². The molecule has 0 unspecified atom stereocenters. The predicted octanol–water partition coefficient (Wildman–Crippen LogP) is 3.67. The molecule has 2 aromatic carbocycles. The second-order valence-electron chi connectivity index (χ2n) is 5.62. The van der Waals surface area contributed by atoms with E-state index in [0.29, 0.717) is 11.9 Å². The van der Waals surface area contributed by atoms with Gasteiger partial charge >= 0.3 is 0 Å². The van der Waals surface area contributed by atoms with E-state index in [2.05, 4.69) is 11.2 Å². The van der Waals surface area contributed by atoms with Crippen LogP contribution in [0.3, 0.4) is 0 Å². The molecule has 4 rings (SSSR count). The van der Waals surface area contributed by atoms with Crippen molar-refractivity contribution in [1.29, 1.82) is 0 Å². The molecule has 0 saturated heterocycles. The lowest BCUT2D eigenvalue weighted by Gasteiger charge is -2.11. The molecule has 0 spiro atoms. The Morgan fingerprint density at radius 2 is 1.70 bits per heavy atom. The van der Waals surface area contributed by atoms with Crippen LogP contribution in [-0.4, -0.2) is 14.3 Å². The fourth-order valence-electron chi connectivity index (χ4n) is 3.26. The molecule has 2 heterocycles. The molecule has 23 heavy (non-hydrogen) atoms. The Hall–Kier alpha value is -2.88. The molecule has 0 radical (unpaired) electrons. The summed E-state index contributed by atoms with van der Waals surface area (Å²) >= 11 is 0. The van der Waals surface area contributed by atoms with Crippen LogP contribution in [0.5, 0.6) is 0 Å². The van der Waals surface area contributed by atoms with Gasteiger partial charge in [-0.1, -0.05) is 36.4 Å². The van der Waals surface area contributed by atoms with Gasteiger partial charge < -0.3 is 4.57 Å². The van der Waals surface area contributed by atoms with E-state index in [1.54, 1.807) is 0 Å². The summed E-state index contributed by atoms with van der Waals surface area (Å²) in [5.74, 6) is 0. The van der Waals surface area contributed by atoms with E-state index >= 15 is 0 Å². The summed E-state index contributed by atoms with van der Waals surface area (Å²) in [7, 11) is 0. The van der Waals surface area contributed by atoms with Gasteiger partial charge in [0.15, 0.2) is 0 Å². The molecular weight excluding hydrogens is 286 g/mol. The summed E-state index contributed by atoms with van der Waals surface area (Å²) in [6, 6.07) is 18.0. The lowest BCUT2D eigenvalue weighted by molar-refractivity contribution is 0.766. The number of pyridine rings is 1. The van der Waals surface area contributed by atoms with Gasteiger partial charge in [-0.2, -0.15) is 5.10 Å². The van der Waals surface area contributed by atoms with Gasteiger partial charge in [-0.25, -0.2) is 4.68 Å². The minimum Gasteiger partial charge on any atom is -0.308 e. The zero-order chi connectivity index (χ0) is 16.0. The van der Waals surface area contributed by atoms with E-state index in [1.165, 1.54) is 0 Å². The van der Waals surface area contributed by atoms with Gasteiger partial charge in [-0.3, -0.25) is 4.79 Å². The quantitative estimate of drug-likeness (QED) is 0.567. The Morgan fingerprint density at radius 3 is 2.43 bits per heavy atom. The van der Waals surface area contributed by atoms with E-state index in [1.807, 2.05) is 71.6 Å². The van der Waals surface area contributed by atoms with Gasteiger partial charge in [0.1, 0.15) is 0 Å². The van der Waals surface area contributed by atoms with Crippen LogP contribution in [0.1, 0.15) is 12.6 Å². The van der Waals surface area contributed by atoms with Crippen molar-refractivity contribution in [3.05, 3.63) is 70.6 Å². The average Bonchev–Trinajstić information content (AvgIpc) is 2.94. The van der Waals surface area contributed by atoms with Crippen molar-refractivity contribution >= 4 is 21.8 Å². The number of nitrogens with zero attached hydrogens (tertiary/aromatic N) is 3. The standard InChI is InChI=1S/C19H17N3O/c1-3-21-16-12-8-7-11-15(16)18-17(19(21)23)13(2)20-22(18)14-9-5-4-6-10-14/h4-12H,3H2,1-2H3. The molecule has 0 aliphatic heterocycles. The van der Waals surface area contributed by atoms with Crippen molar-refractivity contribution in [3.8, 4) is 5.69 Å². The van der Waals surface area contributed by atoms with E-state index in [9.17, 15) is 4.79 Å². The van der Waals surface area contributed by atoms with Crippen LogP contribution in [0, 0.1) is 6.92 Å². The van der Waals surface area contributed by atoms with Crippen molar-refractivity contribution in [3.63, 3.8) is 0 Å². The van der Waals surface area contributed by atoms with Gasteiger partial charge in [-0.05, 0) is 32.0 Å². The first-order chi connectivity index (χ1) is 11.2. The van der Waals surface area contributed by atoms with Crippen LogP contribution < -0.4 is 5.56 Å². The molecule has 4 aromatic rings. The molecule has 4 nitrogen and oxygen atoms in total. The topological polar surface area (TPSA) is 39.8 Å². The monoisotopic (exact) mass is 303 g/mol. The highest BCUT2D eigenvalue weighted by molar-refractivity contribution is 6.05. The number of fused-ring (bicyclic) bond motifs is 3. The molecular formula is C19H17N3O. The number of para-hydroxylation sites is 2. The number of rotatable bonds is 2. The van der Waals surface area contributed by atoms with Gasteiger partial charge in [0.2, 0.25) is 0 Å². The zero-order valence-corrected chi connectivity index (χ0v) is 13.2. The van der Waals surface area contributed by atoms with Crippen LogP contribution >= 0.6 is 0 Å². The maximum absolute atomic E-state index is 12.9. The summed E-state index contributed by atoms with van der Waals surface area (Å²) in [5, 5.41) is 6.40. The fourth-order valence-corrected chi connectivity index (χ4v) is 3.26. The molecule has 2 aromatic heterocycles. The highest BCUT2D eigenvalue weighted by atomic mass is 16.1. The lowest BCUT2D eigenvalue weighted by Crippen LogP contribution is -2.20.